The van der Waals surface area contributed by atoms with Gasteiger partial charge in [0.25, 0.3) is 0 Å². The number of alkyl halides is 3. The lowest BCUT2D eigenvalue weighted by Crippen LogP contribution is -2.55. The van der Waals surface area contributed by atoms with Gasteiger partial charge in [-0.2, -0.15) is 28.4 Å². The molecule has 3 aliphatic heterocycles. The van der Waals surface area contributed by atoms with Crippen LogP contribution in [0.25, 0.3) is 0 Å². The van der Waals surface area contributed by atoms with Gasteiger partial charge in [-0.3, -0.25) is 9.69 Å². The van der Waals surface area contributed by atoms with E-state index in [1.807, 2.05) is 13.1 Å². The van der Waals surface area contributed by atoms with Crippen LogP contribution < -0.4 is 9.64 Å². The Labute approximate surface area is 237 Å². The summed E-state index contributed by atoms with van der Waals surface area (Å²) < 4.78 is 50.4. The third-order valence-electron chi connectivity index (χ3n) is 8.16. The average molecular weight is 570 g/mol. The van der Waals surface area contributed by atoms with Crippen LogP contribution in [0.2, 0.25) is 0 Å². The number of piperazine rings is 1. The summed E-state index contributed by atoms with van der Waals surface area (Å²) in [4.78, 5) is 28.4. The van der Waals surface area contributed by atoms with Gasteiger partial charge in [0, 0.05) is 44.3 Å². The first-order chi connectivity index (χ1) is 19.7. The summed E-state index contributed by atoms with van der Waals surface area (Å²) >= 11 is 0. The number of ether oxygens (including phenoxy) is 1. The van der Waals surface area contributed by atoms with Crippen LogP contribution in [0.5, 0.6) is 6.01 Å². The predicted octanol–water partition coefficient (Wildman–Crippen LogP) is 3.69. The van der Waals surface area contributed by atoms with Gasteiger partial charge in [0.15, 0.2) is 0 Å². The van der Waals surface area contributed by atoms with Crippen LogP contribution in [0.3, 0.4) is 0 Å². The number of hydrogen-bond donors (Lipinski definition) is 0. The number of likely N-dealkylation sites (N-methyl/N-ethyl adjacent to an activating group) is 1. The quantitative estimate of drug-likeness (QED) is 0.445. The molecule has 41 heavy (non-hydrogen) atoms. The Kier molecular flexibility index (Phi) is 8.47. The second-order valence-corrected chi connectivity index (χ2v) is 10.8. The van der Waals surface area contributed by atoms with Crippen molar-refractivity contribution < 1.29 is 22.7 Å². The number of fused-ring (bicyclic) bond motifs is 1. The molecule has 4 heterocycles. The molecule has 0 spiro atoms. The normalized spacial score (nSPS) is 23.3. The molecule has 218 valence electrons. The number of rotatable bonds is 8. The first-order valence-electron chi connectivity index (χ1n) is 13.8. The number of aromatic nitrogens is 2. The van der Waals surface area contributed by atoms with E-state index >= 15 is 0 Å². The molecule has 1 aromatic carbocycles. The van der Waals surface area contributed by atoms with Gasteiger partial charge in [0.05, 0.1) is 24.2 Å². The highest BCUT2D eigenvalue weighted by Crippen LogP contribution is 2.48. The number of amides is 1. The highest BCUT2D eigenvalue weighted by molar-refractivity contribution is 5.87. The molecule has 0 saturated carbocycles. The minimum atomic E-state index is -4.58. The van der Waals surface area contributed by atoms with Crippen molar-refractivity contribution in [2.75, 3.05) is 44.7 Å². The van der Waals surface area contributed by atoms with E-state index in [0.717, 1.165) is 24.9 Å². The molecular weight excluding hydrogens is 535 g/mol. The highest BCUT2D eigenvalue weighted by atomic mass is 19.4. The van der Waals surface area contributed by atoms with Crippen LogP contribution in [0.4, 0.5) is 19.0 Å². The summed E-state index contributed by atoms with van der Waals surface area (Å²) in [5.41, 5.74) is 1.05. The summed E-state index contributed by atoms with van der Waals surface area (Å²) in [6.45, 7) is 5.55. The maximum atomic E-state index is 14.8. The van der Waals surface area contributed by atoms with Crippen LogP contribution in [-0.4, -0.2) is 88.7 Å². The lowest BCUT2D eigenvalue weighted by Gasteiger charge is -2.41. The Hall–Kier alpha value is -3.69. The average Bonchev–Trinajstić information content (AvgIpc) is 3.54. The Morgan fingerprint density at radius 3 is 2.63 bits per heavy atom. The fraction of sp³-hybridized carbons (Fsp3) is 0.517. The van der Waals surface area contributed by atoms with Crippen molar-refractivity contribution in [1.29, 1.82) is 5.26 Å². The molecule has 9 nitrogen and oxygen atoms in total. The molecule has 2 fully saturated rings. The minimum Gasteiger partial charge on any atom is -0.462 e. The van der Waals surface area contributed by atoms with Crippen LogP contribution >= 0.6 is 0 Å². The maximum absolute atomic E-state index is 14.8. The van der Waals surface area contributed by atoms with Crippen LogP contribution in [0, 0.1) is 11.3 Å². The molecule has 0 radical (unpaired) electrons. The Balaban J connectivity index is 1.52. The van der Waals surface area contributed by atoms with E-state index in [1.165, 1.54) is 11.0 Å². The zero-order valence-electron chi connectivity index (χ0n) is 23.1. The van der Waals surface area contributed by atoms with Crippen LogP contribution in [0.15, 0.2) is 43.0 Å². The second kappa shape index (κ2) is 12.0. The van der Waals surface area contributed by atoms with Gasteiger partial charge < -0.3 is 19.4 Å². The number of carbonyl (C=O) groups is 1. The molecule has 1 aromatic heterocycles. The third kappa shape index (κ3) is 6.16. The molecule has 12 heteroatoms. The van der Waals surface area contributed by atoms with E-state index in [2.05, 4.69) is 27.5 Å². The fourth-order valence-electron chi connectivity index (χ4n) is 6.08. The number of nitriles is 1. The molecule has 3 aliphatic rings. The summed E-state index contributed by atoms with van der Waals surface area (Å²) in [5, 5.41) is 9.43. The molecule has 5 rings (SSSR count). The Morgan fingerprint density at radius 1 is 1.20 bits per heavy atom. The van der Waals surface area contributed by atoms with Crippen molar-refractivity contribution in [1.82, 2.24) is 24.7 Å². The third-order valence-corrected chi connectivity index (χ3v) is 8.16. The largest absolute Gasteiger partial charge is 0.462 e. The number of nitrogens with zero attached hydrogens (tertiary/aromatic N) is 7. The molecule has 2 saturated heterocycles. The maximum Gasteiger partial charge on any atom is 0.408 e. The fourth-order valence-corrected chi connectivity index (χ4v) is 6.08. The zero-order chi connectivity index (χ0) is 29.1. The van der Waals surface area contributed by atoms with Gasteiger partial charge in [-0.05, 0) is 38.1 Å². The van der Waals surface area contributed by atoms with Gasteiger partial charge in [-0.15, -0.1) is 0 Å². The van der Waals surface area contributed by atoms with E-state index < -0.39 is 18.3 Å². The molecule has 0 N–H and O–H groups in total. The number of hydrogen-bond acceptors (Lipinski definition) is 8. The van der Waals surface area contributed by atoms with Gasteiger partial charge in [0.2, 0.25) is 5.91 Å². The van der Waals surface area contributed by atoms with Gasteiger partial charge in [0.1, 0.15) is 18.5 Å². The monoisotopic (exact) mass is 569 g/mol. The van der Waals surface area contributed by atoms with E-state index in [9.17, 15) is 23.2 Å². The van der Waals surface area contributed by atoms with Crippen LogP contribution in [0.1, 0.15) is 42.1 Å². The van der Waals surface area contributed by atoms with Crippen molar-refractivity contribution >= 4 is 11.7 Å². The van der Waals surface area contributed by atoms with Crippen LogP contribution in [-0.2, 0) is 17.9 Å². The van der Waals surface area contributed by atoms with E-state index in [4.69, 9.17) is 4.74 Å². The van der Waals surface area contributed by atoms with Crippen molar-refractivity contribution in [2.24, 2.45) is 0 Å². The molecule has 2 unspecified atom stereocenters. The first kappa shape index (κ1) is 28.8. The molecule has 1 amide bonds. The number of benzene rings is 1. The number of likely N-dealkylation sites (tertiary alicyclic amines) is 1. The lowest BCUT2D eigenvalue weighted by molar-refractivity contribution is -0.185. The Morgan fingerprint density at radius 2 is 1.98 bits per heavy atom. The molecule has 0 aliphatic carbocycles. The first-order valence-corrected chi connectivity index (χ1v) is 13.8. The van der Waals surface area contributed by atoms with Gasteiger partial charge >= 0.3 is 12.2 Å². The summed E-state index contributed by atoms with van der Waals surface area (Å²) in [7, 11) is 2.02. The summed E-state index contributed by atoms with van der Waals surface area (Å²) in [6, 6.07) is 8.93. The molecule has 2 aromatic rings. The Bertz CT molecular complexity index is 1300. The van der Waals surface area contributed by atoms with E-state index in [-0.39, 0.29) is 74.2 Å². The van der Waals surface area contributed by atoms with E-state index in [0.29, 0.717) is 6.61 Å². The topological polar surface area (TPSA) is 88.8 Å². The predicted molar refractivity (Wildman–Crippen MR) is 146 cm³/mol. The SMILES string of the molecule is C=CC(=O)N1CCN(c2nc(OCC3CCCN3C)nc3c2C(C(F)(F)F)N(Cc2ccccc2)C3)C[C@@H]1CC#N. The van der Waals surface area contributed by atoms with E-state index in [1.54, 1.807) is 34.1 Å². The summed E-state index contributed by atoms with van der Waals surface area (Å²) in [5.74, 6) is -0.166. The highest BCUT2D eigenvalue weighted by Gasteiger charge is 2.52. The molecule has 3 atom stereocenters. The molecular formula is C29H34F3N7O2. The van der Waals surface area contributed by atoms with Crippen molar-refractivity contribution in [3.8, 4) is 12.1 Å². The smallest absolute Gasteiger partial charge is 0.408 e. The van der Waals surface area contributed by atoms with Crippen molar-refractivity contribution in [2.45, 2.75) is 56.7 Å². The minimum absolute atomic E-state index is 0.0120. The van der Waals surface area contributed by atoms with Crippen molar-refractivity contribution in [3.63, 3.8) is 0 Å². The zero-order valence-corrected chi connectivity index (χ0v) is 23.1. The van der Waals surface area contributed by atoms with Crippen molar-refractivity contribution in [3.05, 3.63) is 59.8 Å². The van der Waals surface area contributed by atoms with Gasteiger partial charge in [-0.1, -0.05) is 36.9 Å². The number of carbonyl (C=O) groups excluding carboxylic acids is 1. The number of anilines is 1. The lowest BCUT2D eigenvalue weighted by atomic mass is 10.0. The second-order valence-electron chi connectivity index (χ2n) is 10.8. The standard InChI is InChI=1S/C29H34F3N7O2/c1-3-24(40)39-15-14-37(17-21(39)11-12-33)27-25-23(34-28(35-27)41-19-22-10-7-13-36(22)2)18-38(26(25)29(30,31)32)16-20-8-5-4-6-9-20/h3-6,8-9,21-22,26H,1,7,10-11,13-19H2,2H3/t21-,22?,26?/m0/s1. The summed E-state index contributed by atoms with van der Waals surface area (Å²) in [6.07, 6.45) is -1.35. The number of halogens is 3. The molecule has 0 bridgehead atoms. The van der Waals surface area contributed by atoms with Gasteiger partial charge in [-0.25, -0.2) is 0 Å².